The average Bonchev–Trinajstić information content (AvgIpc) is 2.97. The number of hydrogen-bond donors (Lipinski definition) is 1. The molecule has 1 saturated heterocycles. The molecule has 1 aliphatic heterocycles. The van der Waals surface area contributed by atoms with E-state index in [-0.39, 0.29) is 18.6 Å². The van der Waals surface area contributed by atoms with Crippen molar-refractivity contribution in [2.45, 2.75) is 37.8 Å². The topological polar surface area (TPSA) is 124 Å². The highest BCUT2D eigenvalue weighted by Gasteiger charge is 2.27. The molecule has 12 heteroatoms. The highest BCUT2D eigenvalue weighted by Crippen LogP contribution is 2.32. The van der Waals surface area contributed by atoms with E-state index in [2.05, 4.69) is 35.1 Å². The molecule has 0 aromatic carbocycles. The molecule has 3 aromatic rings. The van der Waals surface area contributed by atoms with E-state index in [1.165, 1.54) is 7.11 Å². The van der Waals surface area contributed by atoms with E-state index in [0.29, 0.717) is 36.8 Å². The predicted octanol–water partition coefficient (Wildman–Crippen LogP) is 2.14. The Kier molecular flexibility index (Phi) is 8.29. The fraction of sp³-hybridized carbons (Fsp3) is 0.500. The Hall–Kier alpha value is -3.77. The number of amides is 1. The van der Waals surface area contributed by atoms with E-state index in [0.717, 1.165) is 55.5 Å². The van der Waals surface area contributed by atoms with Crippen LogP contribution in [0.15, 0.2) is 36.8 Å². The van der Waals surface area contributed by atoms with Crippen LogP contribution in [-0.2, 0) is 14.4 Å². The number of aromatic nitrogens is 4. The molecule has 1 saturated carbocycles. The number of morpholine rings is 1. The van der Waals surface area contributed by atoms with E-state index < -0.39 is 0 Å². The fourth-order valence-corrected chi connectivity index (χ4v) is 4.81. The number of ether oxygens (including phenoxy) is 3. The lowest BCUT2D eigenvalue weighted by atomic mass is 9.92. The lowest BCUT2D eigenvalue weighted by Crippen LogP contribution is -2.39. The van der Waals surface area contributed by atoms with Crippen LogP contribution in [0.3, 0.4) is 0 Å². The zero-order valence-electron chi connectivity index (χ0n) is 21.7. The number of carbonyl (C=O) groups excluding carboxylic acids is 1. The number of nitrogens with one attached hydrogen (secondary N) is 1. The number of rotatable bonds is 9. The lowest BCUT2D eigenvalue weighted by Gasteiger charge is -2.35. The van der Waals surface area contributed by atoms with Crippen LogP contribution < -0.4 is 24.8 Å². The fourth-order valence-electron chi connectivity index (χ4n) is 4.81. The van der Waals surface area contributed by atoms with E-state index in [9.17, 15) is 4.79 Å². The van der Waals surface area contributed by atoms with Gasteiger partial charge in [-0.05, 0) is 37.8 Å². The number of hydroxylamine groups is 1. The Balaban J connectivity index is 1.19. The van der Waals surface area contributed by atoms with E-state index in [1.54, 1.807) is 18.6 Å². The maximum absolute atomic E-state index is 11.5. The van der Waals surface area contributed by atoms with Crippen molar-refractivity contribution in [3.8, 4) is 11.6 Å². The van der Waals surface area contributed by atoms with E-state index >= 15 is 0 Å². The van der Waals surface area contributed by atoms with Crippen molar-refractivity contribution in [2.24, 2.45) is 0 Å². The maximum atomic E-state index is 11.5. The zero-order chi connectivity index (χ0) is 26.3. The number of carbonyl (C=O) groups is 1. The summed E-state index contributed by atoms with van der Waals surface area (Å²) in [5.74, 6) is 2.16. The van der Waals surface area contributed by atoms with Gasteiger partial charge in [-0.1, -0.05) is 0 Å². The Morgan fingerprint density at radius 2 is 1.92 bits per heavy atom. The van der Waals surface area contributed by atoms with Crippen molar-refractivity contribution >= 4 is 28.6 Å². The highest BCUT2D eigenvalue weighted by atomic mass is 16.6. The molecule has 202 valence electrons. The summed E-state index contributed by atoms with van der Waals surface area (Å²) in [5, 5.41) is 0.930. The first kappa shape index (κ1) is 25.9. The van der Waals surface area contributed by atoms with Gasteiger partial charge in [0.1, 0.15) is 11.9 Å². The summed E-state index contributed by atoms with van der Waals surface area (Å²) in [6, 6.07) is 6.26. The number of fused-ring (bicyclic) bond motifs is 1. The number of pyridine rings is 2. The van der Waals surface area contributed by atoms with Crippen LogP contribution in [-0.4, -0.2) is 85.1 Å². The summed E-state index contributed by atoms with van der Waals surface area (Å²) in [6.45, 7) is 2.83. The third kappa shape index (κ3) is 6.20. The molecule has 0 radical (unpaired) electrons. The quantitative estimate of drug-likeness (QED) is 0.415. The zero-order valence-corrected chi connectivity index (χ0v) is 21.7. The molecule has 5 rings (SSSR count). The summed E-state index contributed by atoms with van der Waals surface area (Å²) in [7, 11) is 3.37. The Morgan fingerprint density at radius 3 is 2.66 bits per heavy atom. The molecular formula is C26H33N7O5. The van der Waals surface area contributed by atoms with Crippen LogP contribution in [0.1, 0.15) is 25.7 Å². The van der Waals surface area contributed by atoms with Gasteiger partial charge < -0.3 is 24.0 Å². The van der Waals surface area contributed by atoms with Crippen LogP contribution >= 0.6 is 0 Å². The molecule has 3 aromatic heterocycles. The van der Waals surface area contributed by atoms with Gasteiger partial charge in [0.25, 0.3) is 5.91 Å². The van der Waals surface area contributed by atoms with Crippen LogP contribution in [0.5, 0.6) is 11.6 Å². The largest absolute Gasteiger partial charge is 0.480 e. The third-order valence-corrected chi connectivity index (χ3v) is 6.87. The molecule has 2 fully saturated rings. The van der Waals surface area contributed by atoms with E-state index in [1.807, 2.05) is 25.2 Å². The molecule has 1 N–H and O–H groups in total. The molecule has 38 heavy (non-hydrogen) atoms. The summed E-state index contributed by atoms with van der Waals surface area (Å²) in [5.41, 5.74) is 3.08. The van der Waals surface area contributed by atoms with Crippen molar-refractivity contribution in [3.63, 3.8) is 0 Å². The third-order valence-electron chi connectivity index (χ3n) is 6.87. The minimum Gasteiger partial charge on any atom is -0.480 e. The molecule has 0 spiro atoms. The van der Waals surface area contributed by atoms with Gasteiger partial charge in [0.05, 0.1) is 43.6 Å². The second-order valence-corrected chi connectivity index (χ2v) is 9.35. The first-order valence-electron chi connectivity index (χ1n) is 12.9. The second-order valence-electron chi connectivity index (χ2n) is 9.35. The minimum atomic E-state index is -0.389. The Bertz CT molecular complexity index is 1210. The molecule has 0 atom stereocenters. The van der Waals surface area contributed by atoms with Crippen molar-refractivity contribution in [1.82, 2.24) is 25.4 Å². The molecule has 4 heterocycles. The average molecular weight is 524 g/mol. The number of nitrogens with zero attached hydrogens (tertiary/aromatic N) is 6. The lowest BCUT2D eigenvalue weighted by molar-refractivity contribution is -0.133. The summed E-state index contributed by atoms with van der Waals surface area (Å²) in [6.07, 6.45) is 8.70. The van der Waals surface area contributed by atoms with Gasteiger partial charge in [0, 0.05) is 38.4 Å². The highest BCUT2D eigenvalue weighted by molar-refractivity contribution is 5.85. The van der Waals surface area contributed by atoms with Crippen LogP contribution in [0, 0.1) is 0 Å². The molecule has 0 bridgehead atoms. The van der Waals surface area contributed by atoms with Gasteiger partial charge in [-0.2, -0.15) is 4.98 Å². The Labute approximate surface area is 221 Å². The number of hydrogen-bond acceptors (Lipinski definition) is 11. The molecule has 2 aliphatic rings. The van der Waals surface area contributed by atoms with Gasteiger partial charge in [-0.25, -0.2) is 15.4 Å². The summed E-state index contributed by atoms with van der Waals surface area (Å²) in [4.78, 5) is 38.6. The standard InChI is InChI=1S/C26H33N7O5/c1-32(26-28-15-20(16-29-26)37-17-24(34)31-35-2)18-5-7-19(8-6-18)38-25-21-4-3-9-27-22(21)14-23(30-25)33-10-12-36-13-11-33/h3-4,9,14-16,18-19H,5-8,10-13,17H2,1-2H3,(H,31,34). The number of anilines is 2. The molecule has 1 amide bonds. The van der Waals surface area contributed by atoms with Gasteiger partial charge in [-0.15, -0.1) is 0 Å². The van der Waals surface area contributed by atoms with Crippen molar-refractivity contribution in [1.29, 1.82) is 0 Å². The Morgan fingerprint density at radius 1 is 1.16 bits per heavy atom. The van der Waals surface area contributed by atoms with Gasteiger partial charge in [0.2, 0.25) is 11.8 Å². The van der Waals surface area contributed by atoms with Crippen LogP contribution in [0.25, 0.3) is 10.9 Å². The van der Waals surface area contributed by atoms with Crippen molar-refractivity contribution < 1.29 is 23.8 Å². The molecular weight excluding hydrogens is 490 g/mol. The van der Waals surface area contributed by atoms with Crippen molar-refractivity contribution in [2.75, 3.05) is 56.9 Å². The normalized spacial score (nSPS) is 19.7. The van der Waals surface area contributed by atoms with Gasteiger partial charge in [-0.3, -0.25) is 14.6 Å². The minimum absolute atomic E-state index is 0.0745. The monoisotopic (exact) mass is 523 g/mol. The molecule has 1 aliphatic carbocycles. The maximum Gasteiger partial charge on any atom is 0.281 e. The second kappa shape index (κ2) is 12.2. The van der Waals surface area contributed by atoms with Crippen LogP contribution in [0.2, 0.25) is 0 Å². The van der Waals surface area contributed by atoms with Gasteiger partial charge in [0.15, 0.2) is 12.4 Å². The predicted molar refractivity (Wildman–Crippen MR) is 140 cm³/mol. The summed E-state index contributed by atoms with van der Waals surface area (Å²) < 4.78 is 17.4. The SMILES string of the molecule is CONC(=O)COc1cnc(N(C)C2CCC(Oc3nc(N4CCOCC4)cc4ncccc34)CC2)nc1. The first-order valence-corrected chi connectivity index (χ1v) is 12.9. The van der Waals surface area contributed by atoms with E-state index in [4.69, 9.17) is 19.2 Å². The van der Waals surface area contributed by atoms with Crippen molar-refractivity contribution in [3.05, 3.63) is 36.8 Å². The first-order chi connectivity index (χ1) is 18.6. The molecule has 0 unspecified atom stereocenters. The van der Waals surface area contributed by atoms with Gasteiger partial charge >= 0.3 is 0 Å². The molecule has 12 nitrogen and oxygen atoms in total. The summed E-state index contributed by atoms with van der Waals surface area (Å²) >= 11 is 0. The smallest absolute Gasteiger partial charge is 0.281 e. The van der Waals surface area contributed by atoms with Crippen LogP contribution in [0.4, 0.5) is 11.8 Å².